The van der Waals surface area contributed by atoms with Crippen LogP contribution in [0.25, 0.3) is 0 Å². The fourth-order valence-electron chi connectivity index (χ4n) is 2.27. The molecule has 2 atom stereocenters. The second-order valence-corrected chi connectivity index (χ2v) is 5.84. The number of ether oxygens (including phenoxy) is 1. The molecule has 1 saturated heterocycles. The molecule has 1 heterocycles. The van der Waals surface area contributed by atoms with Crippen molar-refractivity contribution in [1.29, 1.82) is 0 Å². The van der Waals surface area contributed by atoms with E-state index in [2.05, 4.69) is 17.4 Å². The summed E-state index contributed by atoms with van der Waals surface area (Å²) in [5.41, 5.74) is 0.875. The van der Waals surface area contributed by atoms with Gasteiger partial charge in [0.05, 0.1) is 0 Å². The molecule has 0 amide bonds. The summed E-state index contributed by atoms with van der Waals surface area (Å²) < 4.78 is 5.40. The van der Waals surface area contributed by atoms with Crippen molar-refractivity contribution < 1.29 is 9.53 Å². The standard InChI is InChI=1S/C15H21NO2/c1-15(2,3)18-14(17)13-9-12(10-16-13)11-7-5-4-6-8-11/h4-8,12-13,16H,9-10H2,1-3H3/t12-,13-/m1/s1. The molecule has 1 N–H and O–H groups in total. The zero-order valence-corrected chi connectivity index (χ0v) is 11.3. The lowest BCUT2D eigenvalue weighted by molar-refractivity contribution is -0.157. The molecular formula is C15H21NO2. The summed E-state index contributed by atoms with van der Waals surface area (Å²) in [4.78, 5) is 12.0. The van der Waals surface area contributed by atoms with Gasteiger partial charge in [0.25, 0.3) is 0 Å². The van der Waals surface area contributed by atoms with Gasteiger partial charge in [0.15, 0.2) is 0 Å². The van der Waals surface area contributed by atoms with Crippen molar-refractivity contribution in [3.05, 3.63) is 35.9 Å². The van der Waals surface area contributed by atoms with Gasteiger partial charge < -0.3 is 10.1 Å². The highest BCUT2D eigenvalue weighted by molar-refractivity contribution is 5.76. The number of hydrogen-bond donors (Lipinski definition) is 1. The first kappa shape index (κ1) is 13.1. The minimum atomic E-state index is -0.413. The van der Waals surface area contributed by atoms with Crippen molar-refractivity contribution in [2.24, 2.45) is 0 Å². The Balaban J connectivity index is 1.95. The predicted octanol–water partition coefficient (Wildman–Crippen LogP) is 2.47. The molecule has 3 nitrogen and oxygen atoms in total. The Kier molecular flexibility index (Phi) is 3.71. The maximum atomic E-state index is 12.0. The van der Waals surface area contributed by atoms with Crippen LogP contribution in [0.4, 0.5) is 0 Å². The Morgan fingerprint density at radius 2 is 1.94 bits per heavy atom. The first-order valence-corrected chi connectivity index (χ1v) is 6.47. The maximum absolute atomic E-state index is 12.0. The normalized spacial score (nSPS) is 23.9. The summed E-state index contributed by atoms with van der Waals surface area (Å²) in [6, 6.07) is 10.1. The van der Waals surface area contributed by atoms with Crippen LogP contribution in [0.5, 0.6) is 0 Å². The highest BCUT2D eigenvalue weighted by Crippen LogP contribution is 2.26. The van der Waals surface area contributed by atoms with E-state index in [-0.39, 0.29) is 12.0 Å². The molecule has 2 rings (SSSR count). The van der Waals surface area contributed by atoms with E-state index in [0.29, 0.717) is 5.92 Å². The molecule has 98 valence electrons. The molecule has 3 heteroatoms. The average molecular weight is 247 g/mol. The van der Waals surface area contributed by atoms with Crippen LogP contribution in [0.1, 0.15) is 38.7 Å². The van der Waals surface area contributed by atoms with Crippen molar-refractivity contribution in [2.45, 2.75) is 44.8 Å². The fraction of sp³-hybridized carbons (Fsp3) is 0.533. The molecule has 0 radical (unpaired) electrons. The lowest BCUT2D eigenvalue weighted by atomic mass is 9.96. The summed E-state index contributed by atoms with van der Waals surface area (Å²) in [6.07, 6.45) is 0.818. The quantitative estimate of drug-likeness (QED) is 0.816. The van der Waals surface area contributed by atoms with Crippen LogP contribution in [0.2, 0.25) is 0 Å². The molecule has 1 fully saturated rings. The summed E-state index contributed by atoms with van der Waals surface area (Å²) in [7, 11) is 0. The molecule has 0 spiro atoms. The lowest BCUT2D eigenvalue weighted by Gasteiger charge is -2.22. The Morgan fingerprint density at radius 1 is 1.28 bits per heavy atom. The van der Waals surface area contributed by atoms with E-state index in [4.69, 9.17) is 4.74 Å². The highest BCUT2D eigenvalue weighted by atomic mass is 16.6. The molecule has 1 aliphatic heterocycles. The van der Waals surface area contributed by atoms with E-state index >= 15 is 0 Å². The average Bonchev–Trinajstić information content (AvgIpc) is 2.77. The molecule has 18 heavy (non-hydrogen) atoms. The van der Waals surface area contributed by atoms with Gasteiger partial charge in [-0.15, -0.1) is 0 Å². The zero-order valence-electron chi connectivity index (χ0n) is 11.3. The number of benzene rings is 1. The smallest absolute Gasteiger partial charge is 0.323 e. The van der Waals surface area contributed by atoms with Crippen molar-refractivity contribution in [3.8, 4) is 0 Å². The van der Waals surface area contributed by atoms with Crippen LogP contribution in [0, 0.1) is 0 Å². The third-order valence-electron chi connectivity index (χ3n) is 3.09. The Hall–Kier alpha value is -1.35. The van der Waals surface area contributed by atoms with Crippen LogP contribution >= 0.6 is 0 Å². The van der Waals surface area contributed by atoms with Crippen LogP contribution < -0.4 is 5.32 Å². The summed E-state index contributed by atoms with van der Waals surface area (Å²) in [6.45, 7) is 6.53. The van der Waals surface area contributed by atoms with E-state index in [1.54, 1.807) is 0 Å². The van der Waals surface area contributed by atoms with E-state index in [9.17, 15) is 4.79 Å². The number of nitrogens with one attached hydrogen (secondary N) is 1. The van der Waals surface area contributed by atoms with Gasteiger partial charge in [0, 0.05) is 6.54 Å². The summed E-state index contributed by atoms with van der Waals surface area (Å²) in [5.74, 6) is 0.268. The van der Waals surface area contributed by atoms with Gasteiger partial charge in [-0.05, 0) is 38.7 Å². The summed E-state index contributed by atoms with van der Waals surface area (Å²) >= 11 is 0. The van der Waals surface area contributed by atoms with E-state index in [1.165, 1.54) is 5.56 Å². The van der Waals surface area contributed by atoms with Gasteiger partial charge in [0.2, 0.25) is 0 Å². The third kappa shape index (κ3) is 3.33. The van der Waals surface area contributed by atoms with Gasteiger partial charge in [0.1, 0.15) is 11.6 Å². The minimum absolute atomic E-state index is 0.138. The second kappa shape index (κ2) is 5.11. The van der Waals surface area contributed by atoms with Crippen LogP contribution in [-0.2, 0) is 9.53 Å². The molecule has 0 saturated carbocycles. The maximum Gasteiger partial charge on any atom is 0.323 e. The fourth-order valence-corrected chi connectivity index (χ4v) is 2.27. The Labute approximate surface area is 109 Å². The molecular weight excluding hydrogens is 226 g/mol. The molecule has 0 aromatic heterocycles. The van der Waals surface area contributed by atoms with Gasteiger partial charge in [-0.1, -0.05) is 30.3 Å². The number of hydrogen-bond acceptors (Lipinski definition) is 3. The number of carbonyl (C=O) groups is 1. The minimum Gasteiger partial charge on any atom is -0.459 e. The first-order chi connectivity index (χ1) is 8.46. The number of esters is 1. The van der Waals surface area contributed by atoms with Crippen LogP contribution in [0.3, 0.4) is 0 Å². The third-order valence-corrected chi connectivity index (χ3v) is 3.09. The van der Waals surface area contributed by atoms with Crippen molar-refractivity contribution in [1.82, 2.24) is 5.32 Å². The first-order valence-electron chi connectivity index (χ1n) is 6.47. The van der Waals surface area contributed by atoms with Crippen LogP contribution in [-0.4, -0.2) is 24.2 Å². The molecule has 1 aromatic rings. The SMILES string of the molecule is CC(C)(C)OC(=O)[C@H]1C[C@@H](c2ccccc2)CN1. The Morgan fingerprint density at radius 3 is 2.56 bits per heavy atom. The predicted molar refractivity (Wildman–Crippen MR) is 71.4 cm³/mol. The van der Waals surface area contributed by atoms with Crippen LogP contribution in [0.15, 0.2) is 30.3 Å². The Bertz CT molecular complexity index is 408. The van der Waals surface area contributed by atoms with E-state index < -0.39 is 5.60 Å². The zero-order chi connectivity index (χ0) is 13.2. The molecule has 1 aromatic carbocycles. The molecule has 0 unspecified atom stereocenters. The number of carbonyl (C=O) groups excluding carboxylic acids is 1. The summed E-state index contributed by atoms with van der Waals surface area (Å²) in [5, 5.41) is 3.25. The molecule has 0 bridgehead atoms. The number of rotatable bonds is 2. The largest absolute Gasteiger partial charge is 0.459 e. The molecule has 0 aliphatic carbocycles. The topological polar surface area (TPSA) is 38.3 Å². The van der Waals surface area contributed by atoms with E-state index in [1.807, 2.05) is 39.0 Å². The second-order valence-electron chi connectivity index (χ2n) is 5.84. The molecule has 1 aliphatic rings. The van der Waals surface area contributed by atoms with Crippen molar-refractivity contribution in [3.63, 3.8) is 0 Å². The van der Waals surface area contributed by atoms with Gasteiger partial charge in [-0.2, -0.15) is 0 Å². The lowest BCUT2D eigenvalue weighted by Crippen LogP contribution is -2.37. The van der Waals surface area contributed by atoms with Gasteiger partial charge in [-0.3, -0.25) is 4.79 Å². The van der Waals surface area contributed by atoms with Gasteiger partial charge in [-0.25, -0.2) is 0 Å². The van der Waals surface area contributed by atoms with Crippen molar-refractivity contribution >= 4 is 5.97 Å². The highest BCUT2D eigenvalue weighted by Gasteiger charge is 2.33. The van der Waals surface area contributed by atoms with Crippen molar-refractivity contribution in [2.75, 3.05) is 6.54 Å². The monoisotopic (exact) mass is 247 g/mol. The van der Waals surface area contributed by atoms with E-state index in [0.717, 1.165) is 13.0 Å². The van der Waals surface area contributed by atoms with Gasteiger partial charge >= 0.3 is 5.97 Å².